The maximum atomic E-state index is 12.7. The lowest BCUT2D eigenvalue weighted by Gasteiger charge is -2.16. The van der Waals surface area contributed by atoms with Crippen LogP contribution in [0.25, 0.3) is 21.9 Å². The van der Waals surface area contributed by atoms with Crippen molar-refractivity contribution in [3.8, 4) is 0 Å². The van der Waals surface area contributed by atoms with Gasteiger partial charge in [-0.25, -0.2) is 9.59 Å². The first-order chi connectivity index (χ1) is 14.3. The molecule has 0 bridgehead atoms. The minimum absolute atomic E-state index is 0.182. The molecule has 30 heavy (non-hydrogen) atoms. The second-order valence-electron chi connectivity index (χ2n) is 7.27. The van der Waals surface area contributed by atoms with Gasteiger partial charge >= 0.3 is 11.6 Å². The summed E-state index contributed by atoms with van der Waals surface area (Å²) in [4.78, 5) is 37.2. The number of amides is 1. The molecule has 160 valence electrons. The fraction of sp³-hybridized carbons (Fsp3) is 0.409. The first-order valence-electron chi connectivity index (χ1n) is 9.58. The van der Waals surface area contributed by atoms with Gasteiger partial charge < -0.3 is 18.9 Å². The van der Waals surface area contributed by atoms with E-state index in [0.717, 1.165) is 21.9 Å². The third-order valence-corrected chi connectivity index (χ3v) is 5.95. The largest absolute Gasteiger partial charge is 0.467 e. The van der Waals surface area contributed by atoms with Crippen LogP contribution in [-0.2, 0) is 20.7 Å². The van der Waals surface area contributed by atoms with Crippen molar-refractivity contribution in [2.24, 2.45) is 0 Å². The maximum absolute atomic E-state index is 12.7. The summed E-state index contributed by atoms with van der Waals surface area (Å²) in [6, 6.07) is 1.17. The third kappa shape index (κ3) is 4.09. The van der Waals surface area contributed by atoms with Crippen molar-refractivity contribution in [2.75, 3.05) is 19.1 Å². The summed E-state index contributed by atoms with van der Waals surface area (Å²) in [7, 11) is 1.28. The minimum atomic E-state index is -0.752. The predicted octanol–water partition coefficient (Wildman–Crippen LogP) is 3.42. The lowest BCUT2D eigenvalue weighted by atomic mass is 9.99. The number of ether oxygens (including phenoxy) is 1. The second-order valence-corrected chi connectivity index (χ2v) is 8.25. The second kappa shape index (κ2) is 8.95. The molecular formula is C22H25NO6S. The number of furan rings is 1. The molecule has 8 heteroatoms. The molecule has 0 aliphatic heterocycles. The van der Waals surface area contributed by atoms with E-state index in [4.69, 9.17) is 13.6 Å². The number of esters is 1. The number of carbonyl (C=O) groups excluding carboxylic acids is 2. The highest BCUT2D eigenvalue weighted by Gasteiger charge is 2.23. The Hall–Kier alpha value is -2.74. The Balaban J connectivity index is 1.96. The Labute approximate surface area is 178 Å². The van der Waals surface area contributed by atoms with Crippen LogP contribution in [0, 0.1) is 20.8 Å². The van der Waals surface area contributed by atoms with Gasteiger partial charge in [0.2, 0.25) is 5.91 Å². The van der Waals surface area contributed by atoms with Crippen LogP contribution < -0.4 is 10.9 Å². The van der Waals surface area contributed by atoms with Gasteiger partial charge in [-0.3, -0.25) is 4.79 Å². The Morgan fingerprint density at radius 1 is 1.17 bits per heavy atom. The zero-order valence-electron chi connectivity index (χ0n) is 17.7. The molecule has 1 aromatic carbocycles. The van der Waals surface area contributed by atoms with Gasteiger partial charge in [-0.2, -0.15) is 11.8 Å². The Bertz CT molecular complexity index is 1180. The maximum Gasteiger partial charge on any atom is 0.340 e. The van der Waals surface area contributed by atoms with Crippen LogP contribution in [0.3, 0.4) is 0 Å². The van der Waals surface area contributed by atoms with Gasteiger partial charge in [0.1, 0.15) is 17.2 Å². The van der Waals surface area contributed by atoms with Gasteiger partial charge in [0.25, 0.3) is 0 Å². The highest BCUT2D eigenvalue weighted by atomic mass is 32.2. The van der Waals surface area contributed by atoms with E-state index in [1.54, 1.807) is 24.9 Å². The molecule has 3 aromatic rings. The average molecular weight is 432 g/mol. The lowest BCUT2D eigenvalue weighted by molar-refractivity contribution is -0.145. The van der Waals surface area contributed by atoms with Gasteiger partial charge in [0.15, 0.2) is 0 Å². The molecule has 7 nitrogen and oxygen atoms in total. The minimum Gasteiger partial charge on any atom is -0.467 e. The summed E-state index contributed by atoms with van der Waals surface area (Å²) in [5.41, 5.74) is 3.25. The van der Waals surface area contributed by atoms with Gasteiger partial charge in [-0.15, -0.1) is 0 Å². The number of hydrogen-bond donors (Lipinski definition) is 1. The Morgan fingerprint density at radius 3 is 2.57 bits per heavy atom. The molecule has 0 saturated heterocycles. The van der Waals surface area contributed by atoms with Crippen LogP contribution in [0.2, 0.25) is 0 Å². The van der Waals surface area contributed by atoms with Crippen molar-refractivity contribution in [2.45, 2.75) is 39.7 Å². The van der Waals surface area contributed by atoms with Crippen LogP contribution in [-0.4, -0.2) is 37.0 Å². The number of benzene rings is 1. The first kappa shape index (κ1) is 22.0. The van der Waals surface area contributed by atoms with Crippen LogP contribution in [0.1, 0.15) is 28.7 Å². The van der Waals surface area contributed by atoms with Crippen LogP contribution in [0.4, 0.5) is 0 Å². The van der Waals surface area contributed by atoms with Crippen molar-refractivity contribution >= 4 is 45.6 Å². The van der Waals surface area contributed by atoms with Crippen LogP contribution in [0.5, 0.6) is 0 Å². The smallest absolute Gasteiger partial charge is 0.340 e. The highest BCUT2D eigenvalue weighted by molar-refractivity contribution is 7.98. The zero-order valence-corrected chi connectivity index (χ0v) is 18.5. The SMILES string of the molecule is COC(=O)[C@H](CCSC)NC(=O)Cc1c(C)c2cc3c(C)coc3c(C)c2oc1=O. The molecule has 0 aliphatic carbocycles. The number of hydrogen-bond acceptors (Lipinski definition) is 7. The molecule has 1 amide bonds. The molecule has 0 radical (unpaired) electrons. The van der Waals surface area contributed by atoms with Crippen molar-refractivity contribution in [3.63, 3.8) is 0 Å². The van der Waals surface area contributed by atoms with Crippen molar-refractivity contribution in [1.29, 1.82) is 0 Å². The number of thioether (sulfide) groups is 1. The fourth-order valence-corrected chi connectivity index (χ4v) is 4.03. The molecule has 0 fully saturated rings. The van der Waals surface area contributed by atoms with Crippen molar-refractivity contribution in [1.82, 2.24) is 5.32 Å². The molecule has 0 saturated carbocycles. The Morgan fingerprint density at radius 2 is 1.90 bits per heavy atom. The number of aryl methyl sites for hydroxylation is 3. The molecular weight excluding hydrogens is 406 g/mol. The number of fused-ring (bicyclic) bond motifs is 2. The monoisotopic (exact) mass is 431 g/mol. The van der Waals surface area contributed by atoms with Gasteiger partial charge in [-0.1, -0.05) is 0 Å². The predicted molar refractivity (Wildman–Crippen MR) is 117 cm³/mol. The molecule has 0 aliphatic rings. The van der Waals surface area contributed by atoms with E-state index in [1.807, 2.05) is 26.2 Å². The van der Waals surface area contributed by atoms with Crippen LogP contribution in [0.15, 0.2) is 26.0 Å². The summed E-state index contributed by atoms with van der Waals surface area (Å²) in [6.07, 6.45) is 3.85. The molecule has 3 rings (SSSR count). The zero-order chi connectivity index (χ0) is 22.0. The molecule has 0 unspecified atom stereocenters. The normalized spacial score (nSPS) is 12.3. The van der Waals surface area contributed by atoms with Crippen LogP contribution >= 0.6 is 11.8 Å². The van der Waals surface area contributed by atoms with E-state index in [2.05, 4.69) is 5.32 Å². The summed E-state index contributed by atoms with van der Waals surface area (Å²) in [6.45, 7) is 5.59. The average Bonchev–Trinajstić information content (AvgIpc) is 3.10. The van der Waals surface area contributed by atoms with Gasteiger partial charge in [-0.05, 0) is 56.4 Å². The number of methoxy groups -OCH3 is 1. The highest BCUT2D eigenvalue weighted by Crippen LogP contribution is 2.32. The fourth-order valence-electron chi connectivity index (χ4n) is 3.56. The quantitative estimate of drug-likeness (QED) is 0.452. The summed E-state index contributed by atoms with van der Waals surface area (Å²) in [5.74, 6) is -0.247. The van der Waals surface area contributed by atoms with E-state index < -0.39 is 23.5 Å². The summed E-state index contributed by atoms with van der Waals surface area (Å²) in [5, 5.41) is 4.38. The van der Waals surface area contributed by atoms with E-state index in [1.165, 1.54) is 7.11 Å². The standard InChI is InChI=1S/C22H25NO6S/c1-11-10-28-19-13(3)20-15(8-14(11)19)12(2)16(21(25)29-20)9-18(24)23-17(6-7-30-5)22(26)27-4/h8,10,17H,6-7,9H2,1-5H3,(H,23,24)/t17-/m0/s1. The molecule has 1 N–H and O–H groups in total. The first-order valence-corrected chi connectivity index (χ1v) is 11.0. The summed E-state index contributed by atoms with van der Waals surface area (Å²) >= 11 is 1.57. The molecule has 2 aromatic heterocycles. The number of carbonyl (C=O) groups is 2. The number of rotatable bonds is 7. The van der Waals surface area contributed by atoms with E-state index in [0.29, 0.717) is 28.9 Å². The van der Waals surface area contributed by atoms with E-state index in [-0.39, 0.29) is 12.0 Å². The lowest BCUT2D eigenvalue weighted by Crippen LogP contribution is -2.43. The molecule has 1 atom stereocenters. The van der Waals surface area contributed by atoms with Crippen molar-refractivity contribution in [3.05, 3.63) is 45.0 Å². The topological polar surface area (TPSA) is 98.8 Å². The Kier molecular flexibility index (Phi) is 6.55. The molecule has 0 spiro atoms. The van der Waals surface area contributed by atoms with E-state index in [9.17, 15) is 14.4 Å². The number of nitrogens with one attached hydrogen (secondary N) is 1. The third-order valence-electron chi connectivity index (χ3n) is 5.30. The summed E-state index contributed by atoms with van der Waals surface area (Å²) < 4.78 is 15.9. The van der Waals surface area contributed by atoms with E-state index >= 15 is 0 Å². The molecule has 2 heterocycles. The van der Waals surface area contributed by atoms with Gasteiger partial charge in [0.05, 0.1) is 25.4 Å². The van der Waals surface area contributed by atoms with Gasteiger partial charge in [0, 0.05) is 16.3 Å². The van der Waals surface area contributed by atoms with Crippen molar-refractivity contribution < 1.29 is 23.2 Å².